The lowest BCUT2D eigenvalue weighted by Crippen LogP contribution is -1.94. The van der Waals surface area contributed by atoms with Gasteiger partial charge in [-0.15, -0.1) is 0 Å². The number of hydrogen-bond donors (Lipinski definition) is 1. The van der Waals surface area contributed by atoms with Gasteiger partial charge in [-0.2, -0.15) is 10.4 Å². The maximum Gasteiger partial charge on any atom is 0.205 e. The van der Waals surface area contributed by atoms with Crippen LogP contribution in [0.25, 0.3) is 27.8 Å². The van der Waals surface area contributed by atoms with Crippen LogP contribution < -0.4 is 9.47 Å². The van der Waals surface area contributed by atoms with E-state index >= 15 is 0 Å². The molecule has 0 saturated carbocycles. The number of ether oxygens (including phenoxy) is 2. The highest BCUT2D eigenvalue weighted by atomic mass is 16.5. The van der Waals surface area contributed by atoms with E-state index in [0.29, 0.717) is 28.1 Å². The molecular formula is C21H19N5O3. The number of rotatable bonds is 5. The Morgan fingerprint density at radius 3 is 2.48 bits per heavy atom. The summed E-state index contributed by atoms with van der Waals surface area (Å²) in [6.45, 7) is 2.06. The van der Waals surface area contributed by atoms with Gasteiger partial charge >= 0.3 is 0 Å². The topological polar surface area (TPSA) is 98.1 Å². The molecule has 0 aliphatic carbocycles. The first-order valence-corrected chi connectivity index (χ1v) is 8.89. The average molecular weight is 389 g/mol. The van der Waals surface area contributed by atoms with E-state index in [1.165, 1.54) is 4.68 Å². The van der Waals surface area contributed by atoms with E-state index in [2.05, 4.69) is 5.10 Å². The van der Waals surface area contributed by atoms with Crippen molar-refractivity contribution in [2.24, 2.45) is 0 Å². The van der Waals surface area contributed by atoms with Crippen molar-refractivity contribution in [3.63, 3.8) is 0 Å². The molecule has 1 aromatic carbocycles. The summed E-state index contributed by atoms with van der Waals surface area (Å²) in [6.07, 6.45) is 5.05. The molecule has 4 aromatic rings. The molecule has 0 bridgehead atoms. The molecule has 29 heavy (non-hydrogen) atoms. The van der Waals surface area contributed by atoms with Crippen LogP contribution in [-0.4, -0.2) is 38.7 Å². The highest BCUT2D eigenvalue weighted by molar-refractivity contribution is 5.90. The van der Waals surface area contributed by atoms with E-state index in [9.17, 15) is 5.11 Å². The number of fused-ring (bicyclic) bond motifs is 1. The summed E-state index contributed by atoms with van der Waals surface area (Å²) in [6, 6.07) is 9.53. The number of hydrogen-bond acceptors (Lipinski definition) is 6. The van der Waals surface area contributed by atoms with Crippen molar-refractivity contribution < 1.29 is 14.6 Å². The van der Waals surface area contributed by atoms with Crippen LogP contribution in [-0.2, 0) is 6.54 Å². The average Bonchev–Trinajstić information content (AvgIpc) is 3.32. The lowest BCUT2D eigenvalue weighted by atomic mass is 10.1. The van der Waals surface area contributed by atoms with Crippen LogP contribution in [0.1, 0.15) is 5.56 Å². The van der Waals surface area contributed by atoms with Gasteiger partial charge < -0.3 is 14.6 Å². The fraction of sp³-hybridized carbons (Fsp3) is 0.190. The van der Waals surface area contributed by atoms with Crippen LogP contribution in [0.2, 0.25) is 0 Å². The molecule has 3 heterocycles. The van der Waals surface area contributed by atoms with E-state index in [4.69, 9.17) is 19.7 Å². The zero-order chi connectivity index (χ0) is 20.5. The predicted octanol–water partition coefficient (Wildman–Crippen LogP) is 3.44. The number of nitrogens with zero attached hydrogens (tertiary/aromatic N) is 5. The first-order valence-electron chi connectivity index (χ1n) is 8.89. The van der Waals surface area contributed by atoms with Crippen molar-refractivity contribution in [3.8, 4) is 40.4 Å². The van der Waals surface area contributed by atoms with Crippen molar-refractivity contribution in [2.45, 2.75) is 13.5 Å². The van der Waals surface area contributed by atoms with Crippen molar-refractivity contribution in [1.29, 1.82) is 5.26 Å². The molecule has 4 rings (SSSR count). The Balaban J connectivity index is 1.85. The number of benzene rings is 1. The minimum atomic E-state index is 0.0799. The molecule has 0 aliphatic rings. The molecule has 8 heteroatoms. The van der Waals surface area contributed by atoms with Crippen molar-refractivity contribution >= 4 is 10.9 Å². The summed E-state index contributed by atoms with van der Waals surface area (Å²) in [5, 5.41) is 24.4. The first-order chi connectivity index (χ1) is 14.0. The lowest BCUT2D eigenvalue weighted by molar-refractivity contribution is 0.394. The first kappa shape index (κ1) is 18.4. The second-order valence-electron chi connectivity index (χ2n) is 6.56. The van der Waals surface area contributed by atoms with Gasteiger partial charge in [0, 0.05) is 17.8 Å². The molecule has 0 radical (unpaired) electrons. The summed E-state index contributed by atoms with van der Waals surface area (Å²) in [5.41, 5.74) is 3.77. The lowest BCUT2D eigenvalue weighted by Gasteiger charge is -2.09. The summed E-state index contributed by atoms with van der Waals surface area (Å²) < 4.78 is 13.8. The summed E-state index contributed by atoms with van der Waals surface area (Å²) in [4.78, 5) is 4.74. The van der Waals surface area contributed by atoms with Crippen LogP contribution in [0.15, 0.2) is 42.9 Å². The fourth-order valence-electron chi connectivity index (χ4n) is 3.32. The van der Waals surface area contributed by atoms with Gasteiger partial charge in [0.25, 0.3) is 0 Å². The number of methoxy groups -OCH3 is 2. The van der Waals surface area contributed by atoms with Gasteiger partial charge in [0.15, 0.2) is 0 Å². The molecule has 0 unspecified atom stereocenters. The Morgan fingerprint density at radius 1 is 1.10 bits per heavy atom. The van der Waals surface area contributed by atoms with Gasteiger partial charge in [-0.25, -0.2) is 4.98 Å². The monoisotopic (exact) mass is 389 g/mol. The highest BCUT2D eigenvalue weighted by Crippen LogP contribution is 2.35. The third kappa shape index (κ3) is 3.23. The summed E-state index contributed by atoms with van der Waals surface area (Å²) >= 11 is 0. The third-order valence-corrected chi connectivity index (χ3v) is 4.73. The van der Waals surface area contributed by atoms with Gasteiger partial charge in [0.2, 0.25) is 5.88 Å². The number of aromatic nitrogens is 4. The van der Waals surface area contributed by atoms with Crippen molar-refractivity contribution in [2.75, 3.05) is 14.2 Å². The molecule has 146 valence electrons. The Morgan fingerprint density at radius 2 is 1.83 bits per heavy atom. The number of pyridine rings is 1. The van der Waals surface area contributed by atoms with Gasteiger partial charge in [0.1, 0.15) is 18.0 Å². The zero-order valence-electron chi connectivity index (χ0n) is 16.2. The largest absolute Gasteiger partial charge is 0.497 e. The maximum absolute atomic E-state index is 10.8. The molecule has 0 amide bonds. The molecule has 0 aliphatic heterocycles. The Hall–Kier alpha value is -3.99. The minimum absolute atomic E-state index is 0.0799. The molecule has 3 aromatic heterocycles. The number of aromatic hydroxyl groups is 1. The maximum atomic E-state index is 10.8. The van der Waals surface area contributed by atoms with Crippen molar-refractivity contribution in [1.82, 2.24) is 19.3 Å². The molecular weight excluding hydrogens is 370 g/mol. The zero-order valence-corrected chi connectivity index (χ0v) is 16.2. The van der Waals surface area contributed by atoms with E-state index in [1.807, 2.05) is 31.2 Å². The van der Waals surface area contributed by atoms with Crippen LogP contribution in [0.5, 0.6) is 17.4 Å². The van der Waals surface area contributed by atoms with Gasteiger partial charge in [0.05, 0.1) is 55.0 Å². The highest BCUT2D eigenvalue weighted by Gasteiger charge is 2.17. The molecule has 8 nitrogen and oxygen atoms in total. The van der Waals surface area contributed by atoms with Crippen LogP contribution in [0.4, 0.5) is 0 Å². The molecule has 0 spiro atoms. The molecule has 1 N–H and O–H groups in total. The van der Waals surface area contributed by atoms with Crippen LogP contribution in [0.3, 0.4) is 0 Å². The van der Waals surface area contributed by atoms with Gasteiger partial charge in [-0.3, -0.25) is 9.25 Å². The summed E-state index contributed by atoms with van der Waals surface area (Å²) in [7, 11) is 3.20. The fourth-order valence-corrected chi connectivity index (χ4v) is 3.32. The van der Waals surface area contributed by atoms with E-state index in [0.717, 1.165) is 16.8 Å². The van der Waals surface area contributed by atoms with Crippen molar-refractivity contribution in [3.05, 3.63) is 48.4 Å². The summed E-state index contributed by atoms with van der Waals surface area (Å²) in [5.74, 6) is 1.42. The molecule has 0 atom stereocenters. The quantitative estimate of drug-likeness (QED) is 0.561. The standard InChI is InChI=1S/C21H19N5O3/c1-13-6-18(14-7-16(28-2)9-17(8-14)29-3)24-19-12-26(21(27)20(13)19)15-10-23-25(11-15)5-4-22/h6-12,27H,5H2,1-3H3. The Labute approximate surface area is 167 Å². The van der Waals surface area contributed by atoms with Crippen LogP contribution in [0, 0.1) is 18.3 Å². The van der Waals surface area contributed by atoms with E-state index in [1.54, 1.807) is 43.4 Å². The molecule has 0 fully saturated rings. The second-order valence-corrected chi connectivity index (χ2v) is 6.56. The van der Waals surface area contributed by atoms with E-state index < -0.39 is 0 Å². The van der Waals surface area contributed by atoms with Gasteiger partial charge in [-0.05, 0) is 30.7 Å². The predicted molar refractivity (Wildman–Crippen MR) is 107 cm³/mol. The Kier molecular flexibility index (Phi) is 4.56. The van der Waals surface area contributed by atoms with E-state index in [-0.39, 0.29) is 12.4 Å². The normalized spacial score (nSPS) is 10.8. The third-order valence-electron chi connectivity index (χ3n) is 4.73. The van der Waals surface area contributed by atoms with Gasteiger partial charge in [-0.1, -0.05) is 0 Å². The number of aryl methyl sites for hydroxylation is 1. The number of nitriles is 1. The van der Waals surface area contributed by atoms with Crippen LogP contribution >= 0.6 is 0 Å². The SMILES string of the molecule is COc1cc(OC)cc(-c2cc(C)c3c(O)n(-c4cnn(CC#N)c4)cc3n2)c1. The smallest absolute Gasteiger partial charge is 0.205 e. The molecule has 0 saturated heterocycles. The second kappa shape index (κ2) is 7.20. The minimum Gasteiger partial charge on any atom is -0.497 e. The Bertz CT molecular complexity index is 1230.